The Bertz CT molecular complexity index is 376. The van der Waals surface area contributed by atoms with Crippen LogP contribution in [0.25, 0.3) is 0 Å². The summed E-state index contributed by atoms with van der Waals surface area (Å²) < 4.78 is 5.31. The lowest BCUT2D eigenvalue weighted by atomic mass is 10.1. The minimum Gasteiger partial charge on any atom is -0.394 e. The van der Waals surface area contributed by atoms with Gasteiger partial charge in [0.2, 0.25) is 0 Å². The summed E-state index contributed by atoms with van der Waals surface area (Å²) in [6.07, 6.45) is -3.77. The van der Waals surface area contributed by atoms with E-state index in [0.717, 1.165) is 0 Å². The smallest absolute Gasteiger partial charge is 0.129 e. The Labute approximate surface area is 97.3 Å². The molecule has 1 aliphatic heterocycles. The number of hydrogen-bond acceptors (Lipinski definition) is 5. The number of aromatic nitrogens is 1. The van der Waals surface area contributed by atoms with Crippen LogP contribution in [0.15, 0.2) is 18.2 Å². The molecule has 0 radical (unpaired) electrons. The Balaban J connectivity index is 2.23. The van der Waals surface area contributed by atoms with E-state index in [1.165, 1.54) is 0 Å². The largest absolute Gasteiger partial charge is 0.394 e. The molecule has 1 aliphatic rings. The van der Waals surface area contributed by atoms with E-state index in [-0.39, 0.29) is 11.8 Å². The van der Waals surface area contributed by atoms with E-state index >= 15 is 0 Å². The van der Waals surface area contributed by atoms with Gasteiger partial charge in [-0.25, -0.2) is 4.98 Å². The van der Waals surface area contributed by atoms with E-state index in [1.54, 1.807) is 18.2 Å². The fourth-order valence-electron chi connectivity index (χ4n) is 1.73. The molecule has 6 heteroatoms. The van der Waals surface area contributed by atoms with Crippen molar-refractivity contribution >= 4 is 11.6 Å². The predicted octanol–water partition coefficient (Wildman–Crippen LogP) is -0.111. The zero-order valence-corrected chi connectivity index (χ0v) is 9.08. The maximum absolute atomic E-state index is 9.73. The molecule has 0 bridgehead atoms. The molecule has 0 saturated carbocycles. The van der Waals surface area contributed by atoms with Crippen molar-refractivity contribution in [3.05, 3.63) is 29.0 Å². The predicted molar refractivity (Wildman–Crippen MR) is 56.0 cm³/mol. The molecule has 4 atom stereocenters. The maximum atomic E-state index is 9.73. The van der Waals surface area contributed by atoms with E-state index < -0.39 is 24.4 Å². The average Bonchev–Trinajstić information content (AvgIpc) is 2.56. The second-order valence-electron chi connectivity index (χ2n) is 3.64. The number of pyridine rings is 1. The summed E-state index contributed by atoms with van der Waals surface area (Å²) in [5.74, 6) is 0. The van der Waals surface area contributed by atoms with Gasteiger partial charge in [0, 0.05) is 0 Å². The second-order valence-corrected chi connectivity index (χ2v) is 4.03. The first-order valence-corrected chi connectivity index (χ1v) is 5.26. The van der Waals surface area contributed by atoms with Crippen LogP contribution in [0.3, 0.4) is 0 Å². The van der Waals surface area contributed by atoms with Crippen LogP contribution in [0.2, 0.25) is 5.15 Å². The van der Waals surface area contributed by atoms with Crippen LogP contribution in [-0.4, -0.2) is 45.2 Å². The molecule has 1 aromatic heterocycles. The second kappa shape index (κ2) is 4.65. The van der Waals surface area contributed by atoms with Crippen LogP contribution in [0.4, 0.5) is 0 Å². The van der Waals surface area contributed by atoms with Crippen LogP contribution in [0, 0.1) is 0 Å². The minimum absolute atomic E-state index is 0.287. The number of hydrogen-bond donors (Lipinski definition) is 3. The van der Waals surface area contributed by atoms with Gasteiger partial charge in [-0.2, -0.15) is 0 Å². The standard InChI is InChI=1S/C10H12ClNO4/c11-7-3-1-2-5(12-7)10-9(15)8(14)6(4-13)16-10/h1-3,6,8-10,13-15H,4H2/t6-,8-,9-,10-/m1/s1. The molecule has 0 spiro atoms. The highest BCUT2D eigenvalue weighted by atomic mass is 35.5. The zero-order chi connectivity index (χ0) is 11.7. The number of aliphatic hydroxyl groups excluding tert-OH is 3. The van der Waals surface area contributed by atoms with Gasteiger partial charge in [0.1, 0.15) is 29.6 Å². The molecule has 1 aromatic rings. The average molecular weight is 246 g/mol. The molecule has 3 N–H and O–H groups in total. The van der Waals surface area contributed by atoms with E-state index in [1.807, 2.05) is 0 Å². The van der Waals surface area contributed by atoms with E-state index in [0.29, 0.717) is 5.69 Å². The van der Waals surface area contributed by atoms with Gasteiger partial charge in [-0.3, -0.25) is 0 Å². The van der Waals surface area contributed by atoms with Gasteiger partial charge in [0.05, 0.1) is 12.3 Å². The molecular formula is C10H12ClNO4. The van der Waals surface area contributed by atoms with Gasteiger partial charge in [-0.1, -0.05) is 17.7 Å². The molecule has 16 heavy (non-hydrogen) atoms. The normalized spacial score (nSPS) is 34.2. The molecule has 2 rings (SSSR count). The van der Waals surface area contributed by atoms with Crippen LogP contribution in [-0.2, 0) is 4.74 Å². The quantitative estimate of drug-likeness (QED) is 0.634. The lowest BCUT2D eigenvalue weighted by Crippen LogP contribution is -2.32. The third-order valence-electron chi connectivity index (χ3n) is 2.57. The van der Waals surface area contributed by atoms with Crippen LogP contribution < -0.4 is 0 Å². The van der Waals surface area contributed by atoms with E-state index in [4.69, 9.17) is 21.4 Å². The Morgan fingerprint density at radius 1 is 1.31 bits per heavy atom. The lowest BCUT2D eigenvalue weighted by Gasteiger charge is -2.13. The molecule has 0 unspecified atom stereocenters. The fraction of sp³-hybridized carbons (Fsp3) is 0.500. The first-order valence-electron chi connectivity index (χ1n) is 4.88. The first-order chi connectivity index (χ1) is 7.63. The Morgan fingerprint density at radius 2 is 2.06 bits per heavy atom. The van der Waals surface area contributed by atoms with E-state index in [2.05, 4.69) is 4.98 Å². The van der Waals surface area contributed by atoms with Gasteiger partial charge in [-0.15, -0.1) is 0 Å². The summed E-state index contributed by atoms with van der Waals surface area (Å²) >= 11 is 5.72. The van der Waals surface area contributed by atoms with Crippen LogP contribution in [0.5, 0.6) is 0 Å². The van der Waals surface area contributed by atoms with Crippen molar-refractivity contribution in [1.82, 2.24) is 4.98 Å². The summed E-state index contributed by atoms with van der Waals surface area (Å²) in [5.41, 5.74) is 0.440. The molecular weight excluding hydrogens is 234 g/mol. The number of ether oxygens (including phenoxy) is 1. The molecule has 0 aromatic carbocycles. The number of halogens is 1. The molecule has 2 heterocycles. The van der Waals surface area contributed by atoms with Crippen molar-refractivity contribution < 1.29 is 20.1 Å². The Hall–Kier alpha value is -0.720. The Kier molecular flexibility index (Phi) is 3.41. The third kappa shape index (κ3) is 2.05. The zero-order valence-electron chi connectivity index (χ0n) is 8.32. The fourth-order valence-corrected chi connectivity index (χ4v) is 1.90. The van der Waals surface area contributed by atoms with Crippen molar-refractivity contribution in [1.29, 1.82) is 0 Å². The van der Waals surface area contributed by atoms with Gasteiger partial charge in [0.15, 0.2) is 0 Å². The van der Waals surface area contributed by atoms with Crippen LogP contribution in [0.1, 0.15) is 11.8 Å². The highest BCUT2D eigenvalue weighted by molar-refractivity contribution is 6.29. The van der Waals surface area contributed by atoms with Gasteiger partial charge in [-0.05, 0) is 12.1 Å². The first kappa shape index (κ1) is 11.8. The van der Waals surface area contributed by atoms with Crippen molar-refractivity contribution in [2.24, 2.45) is 0 Å². The summed E-state index contributed by atoms with van der Waals surface area (Å²) in [4.78, 5) is 4.00. The Morgan fingerprint density at radius 3 is 2.62 bits per heavy atom. The highest BCUT2D eigenvalue weighted by Crippen LogP contribution is 2.32. The topological polar surface area (TPSA) is 82.8 Å². The molecule has 0 aliphatic carbocycles. The molecule has 1 fully saturated rings. The van der Waals surface area contributed by atoms with Crippen LogP contribution >= 0.6 is 11.6 Å². The van der Waals surface area contributed by atoms with Gasteiger partial charge < -0.3 is 20.1 Å². The maximum Gasteiger partial charge on any atom is 0.129 e. The van der Waals surface area contributed by atoms with Crippen molar-refractivity contribution in [2.75, 3.05) is 6.61 Å². The monoisotopic (exact) mass is 245 g/mol. The number of nitrogens with zero attached hydrogens (tertiary/aromatic N) is 1. The minimum atomic E-state index is -1.12. The lowest BCUT2D eigenvalue weighted by molar-refractivity contribution is -0.0239. The molecule has 0 amide bonds. The summed E-state index contributed by atoms with van der Waals surface area (Å²) in [6.45, 7) is -0.352. The highest BCUT2D eigenvalue weighted by Gasteiger charge is 2.43. The molecule has 1 saturated heterocycles. The number of aliphatic hydroxyl groups is 3. The van der Waals surface area contributed by atoms with Gasteiger partial charge >= 0.3 is 0 Å². The summed E-state index contributed by atoms with van der Waals surface area (Å²) in [5, 5.41) is 28.5. The SMILES string of the molecule is OC[C@H]1O[C@H](c2cccc(Cl)n2)[C@H](O)[C@@H]1O. The summed E-state index contributed by atoms with van der Waals surface area (Å²) in [6, 6.07) is 4.93. The van der Waals surface area contributed by atoms with Gasteiger partial charge in [0.25, 0.3) is 0 Å². The number of rotatable bonds is 2. The molecule has 5 nitrogen and oxygen atoms in total. The molecule has 88 valence electrons. The van der Waals surface area contributed by atoms with E-state index in [9.17, 15) is 10.2 Å². The van der Waals surface area contributed by atoms with Crippen molar-refractivity contribution in [2.45, 2.75) is 24.4 Å². The van der Waals surface area contributed by atoms with Crippen molar-refractivity contribution in [3.63, 3.8) is 0 Å². The van der Waals surface area contributed by atoms with Crippen molar-refractivity contribution in [3.8, 4) is 0 Å². The summed E-state index contributed by atoms with van der Waals surface area (Å²) in [7, 11) is 0. The third-order valence-corrected chi connectivity index (χ3v) is 2.78.